The van der Waals surface area contributed by atoms with Crippen LogP contribution in [0, 0.1) is 0 Å². The van der Waals surface area contributed by atoms with E-state index in [4.69, 9.17) is 0 Å². The SMILES string of the molecule is CN1C(=O)c2ccc(N=C=S)cc2C1=O. The Bertz CT molecular complexity index is 518. The lowest BCUT2D eigenvalue weighted by Crippen LogP contribution is -2.24. The lowest BCUT2D eigenvalue weighted by Gasteiger charge is -2.02. The van der Waals surface area contributed by atoms with Crippen molar-refractivity contribution in [1.29, 1.82) is 0 Å². The molecule has 1 aromatic rings. The number of amides is 2. The van der Waals surface area contributed by atoms with E-state index in [1.165, 1.54) is 7.05 Å². The van der Waals surface area contributed by atoms with Crippen LogP contribution in [0.4, 0.5) is 5.69 Å². The highest BCUT2D eigenvalue weighted by Crippen LogP contribution is 2.25. The summed E-state index contributed by atoms with van der Waals surface area (Å²) in [6.45, 7) is 0. The quantitative estimate of drug-likeness (QED) is 0.409. The third-order valence-corrected chi connectivity index (χ3v) is 2.34. The van der Waals surface area contributed by atoms with E-state index in [-0.39, 0.29) is 11.8 Å². The number of isothiocyanates is 1. The highest BCUT2D eigenvalue weighted by molar-refractivity contribution is 7.78. The van der Waals surface area contributed by atoms with Crippen molar-refractivity contribution in [2.75, 3.05) is 7.05 Å². The topological polar surface area (TPSA) is 49.7 Å². The number of benzene rings is 1. The summed E-state index contributed by atoms with van der Waals surface area (Å²) in [5.74, 6) is -0.593. The Morgan fingerprint density at radius 1 is 1.27 bits per heavy atom. The zero-order valence-electron chi connectivity index (χ0n) is 7.85. The van der Waals surface area contributed by atoms with Gasteiger partial charge < -0.3 is 0 Å². The average Bonchev–Trinajstić information content (AvgIpc) is 2.45. The maximum atomic E-state index is 11.6. The van der Waals surface area contributed by atoms with Gasteiger partial charge in [0.05, 0.1) is 22.0 Å². The normalized spacial score (nSPS) is 13.8. The Balaban J connectivity index is 2.61. The molecule has 0 aromatic heterocycles. The first kappa shape index (κ1) is 9.71. The maximum absolute atomic E-state index is 11.6. The van der Waals surface area contributed by atoms with Crippen LogP contribution < -0.4 is 0 Å². The molecule has 0 saturated heterocycles. The summed E-state index contributed by atoms with van der Waals surface area (Å²) < 4.78 is 0. The molecule has 2 amide bonds. The molecular formula is C10H6N2O2S. The molecule has 0 unspecified atom stereocenters. The molecule has 1 aromatic carbocycles. The first-order chi connectivity index (χ1) is 7.15. The Kier molecular flexibility index (Phi) is 2.19. The monoisotopic (exact) mass is 218 g/mol. The van der Waals surface area contributed by atoms with Crippen LogP contribution >= 0.6 is 12.2 Å². The van der Waals surface area contributed by atoms with E-state index in [1.54, 1.807) is 18.2 Å². The van der Waals surface area contributed by atoms with Crippen LogP contribution in [0.2, 0.25) is 0 Å². The fourth-order valence-corrected chi connectivity index (χ4v) is 1.58. The highest BCUT2D eigenvalue weighted by atomic mass is 32.1. The zero-order valence-corrected chi connectivity index (χ0v) is 8.67. The van der Waals surface area contributed by atoms with Gasteiger partial charge in [0.25, 0.3) is 11.8 Å². The third-order valence-electron chi connectivity index (χ3n) is 2.25. The van der Waals surface area contributed by atoms with E-state index in [1.807, 2.05) is 0 Å². The van der Waals surface area contributed by atoms with Crippen molar-refractivity contribution in [3.05, 3.63) is 29.3 Å². The predicted octanol–water partition coefficient (Wildman–Crippen LogP) is 1.65. The van der Waals surface area contributed by atoms with E-state index >= 15 is 0 Å². The minimum atomic E-state index is -0.309. The summed E-state index contributed by atoms with van der Waals surface area (Å²) in [7, 11) is 1.45. The molecule has 15 heavy (non-hydrogen) atoms. The summed E-state index contributed by atoms with van der Waals surface area (Å²) in [5.41, 5.74) is 1.31. The number of thiocarbonyl (C=S) groups is 1. The van der Waals surface area contributed by atoms with Crippen molar-refractivity contribution in [2.45, 2.75) is 0 Å². The predicted molar refractivity (Wildman–Crippen MR) is 57.6 cm³/mol. The van der Waals surface area contributed by atoms with Crippen LogP contribution in [0.5, 0.6) is 0 Å². The lowest BCUT2D eigenvalue weighted by atomic mass is 10.1. The summed E-state index contributed by atoms with van der Waals surface area (Å²) >= 11 is 4.46. The molecule has 1 aliphatic rings. The second-order valence-corrected chi connectivity index (χ2v) is 3.28. The number of carbonyl (C=O) groups excluding carboxylic acids is 2. The fraction of sp³-hybridized carbons (Fsp3) is 0.100. The number of hydrogen-bond donors (Lipinski definition) is 0. The number of carbonyl (C=O) groups is 2. The molecule has 4 nitrogen and oxygen atoms in total. The van der Waals surface area contributed by atoms with Gasteiger partial charge in [0.1, 0.15) is 0 Å². The van der Waals surface area contributed by atoms with Crippen LogP contribution in [0.25, 0.3) is 0 Å². The Hall–Kier alpha value is -1.84. The molecule has 0 radical (unpaired) electrons. The number of rotatable bonds is 1. The van der Waals surface area contributed by atoms with Crippen LogP contribution in [0.15, 0.2) is 23.2 Å². The van der Waals surface area contributed by atoms with Crippen molar-refractivity contribution in [2.24, 2.45) is 4.99 Å². The van der Waals surface area contributed by atoms with Gasteiger partial charge in [-0.3, -0.25) is 14.5 Å². The van der Waals surface area contributed by atoms with Gasteiger partial charge in [0.2, 0.25) is 0 Å². The molecule has 2 rings (SSSR count). The smallest absolute Gasteiger partial charge is 0.261 e. The van der Waals surface area contributed by atoms with Gasteiger partial charge in [-0.05, 0) is 30.4 Å². The molecule has 1 heterocycles. The van der Waals surface area contributed by atoms with Gasteiger partial charge in [-0.1, -0.05) is 0 Å². The number of hydrogen-bond acceptors (Lipinski definition) is 4. The van der Waals surface area contributed by atoms with Gasteiger partial charge in [0, 0.05) is 7.05 Å². The third kappa shape index (κ3) is 1.38. The van der Waals surface area contributed by atoms with Crippen LogP contribution in [0.1, 0.15) is 20.7 Å². The van der Waals surface area contributed by atoms with Crippen LogP contribution in [-0.4, -0.2) is 28.9 Å². The molecular weight excluding hydrogens is 212 g/mol. The summed E-state index contributed by atoms with van der Waals surface area (Å²) in [6.07, 6.45) is 0. The minimum Gasteiger partial charge on any atom is -0.277 e. The van der Waals surface area contributed by atoms with Crippen LogP contribution in [0.3, 0.4) is 0 Å². The molecule has 5 heteroatoms. The Labute approximate surface area is 91.2 Å². The van der Waals surface area contributed by atoms with E-state index in [9.17, 15) is 9.59 Å². The molecule has 0 spiro atoms. The van der Waals surface area contributed by atoms with Crippen molar-refractivity contribution in [1.82, 2.24) is 4.90 Å². The van der Waals surface area contributed by atoms with Gasteiger partial charge >= 0.3 is 0 Å². The summed E-state index contributed by atoms with van der Waals surface area (Å²) in [5, 5.41) is 2.21. The maximum Gasteiger partial charge on any atom is 0.261 e. The second kappa shape index (κ2) is 3.38. The van der Waals surface area contributed by atoms with Gasteiger partial charge in [-0.2, -0.15) is 4.99 Å². The van der Waals surface area contributed by atoms with E-state index in [2.05, 4.69) is 22.4 Å². The van der Waals surface area contributed by atoms with Crippen LogP contribution in [-0.2, 0) is 0 Å². The Morgan fingerprint density at radius 3 is 2.60 bits per heavy atom. The largest absolute Gasteiger partial charge is 0.277 e. The lowest BCUT2D eigenvalue weighted by molar-refractivity contribution is 0.0693. The standard InChI is InChI=1S/C10H6N2O2S/c1-12-9(13)7-3-2-6(11-5-15)4-8(7)10(12)14/h2-4H,1H3. The van der Waals surface area contributed by atoms with Crippen molar-refractivity contribution < 1.29 is 9.59 Å². The number of imide groups is 1. The number of nitrogens with zero attached hydrogens (tertiary/aromatic N) is 2. The molecule has 1 aliphatic heterocycles. The molecule has 0 N–H and O–H groups in total. The minimum absolute atomic E-state index is 0.284. The van der Waals surface area contributed by atoms with Crippen molar-refractivity contribution in [3.63, 3.8) is 0 Å². The van der Waals surface area contributed by atoms with Crippen molar-refractivity contribution in [3.8, 4) is 0 Å². The van der Waals surface area contributed by atoms with Gasteiger partial charge in [-0.15, -0.1) is 0 Å². The molecule has 0 fully saturated rings. The van der Waals surface area contributed by atoms with E-state index in [0.29, 0.717) is 16.8 Å². The van der Waals surface area contributed by atoms with Gasteiger partial charge in [-0.25, -0.2) is 0 Å². The van der Waals surface area contributed by atoms with E-state index in [0.717, 1.165) is 4.90 Å². The molecule has 0 aliphatic carbocycles. The molecule has 0 atom stereocenters. The average molecular weight is 218 g/mol. The first-order valence-electron chi connectivity index (χ1n) is 4.19. The Morgan fingerprint density at radius 2 is 1.93 bits per heavy atom. The number of aliphatic imine (C=N–C) groups is 1. The highest BCUT2D eigenvalue weighted by Gasteiger charge is 2.32. The van der Waals surface area contributed by atoms with E-state index < -0.39 is 0 Å². The molecule has 74 valence electrons. The van der Waals surface area contributed by atoms with Gasteiger partial charge in [0.15, 0.2) is 0 Å². The molecule has 0 bridgehead atoms. The fourth-order valence-electron chi connectivity index (χ4n) is 1.47. The number of fused-ring (bicyclic) bond motifs is 1. The molecule has 0 saturated carbocycles. The second-order valence-electron chi connectivity index (χ2n) is 3.10. The zero-order chi connectivity index (χ0) is 11.0. The van der Waals surface area contributed by atoms with Crippen molar-refractivity contribution >= 4 is 34.9 Å². The first-order valence-corrected chi connectivity index (χ1v) is 4.60. The summed E-state index contributed by atoms with van der Waals surface area (Å²) in [6, 6.07) is 4.74. The summed E-state index contributed by atoms with van der Waals surface area (Å²) in [4.78, 5) is 27.9.